The number of likely N-dealkylation sites (N-methyl/N-ethyl adjacent to an activating group) is 1. The van der Waals surface area contributed by atoms with Gasteiger partial charge in [0.15, 0.2) is 0 Å². The molecule has 3 aromatic carbocycles. The first kappa shape index (κ1) is 78.4. The van der Waals surface area contributed by atoms with E-state index in [0.29, 0.717) is 44.2 Å². The van der Waals surface area contributed by atoms with E-state index < -0.39 is 73.4 Å². The molecule has 7 amide bonds. The van der Waals surface area contributed by atoms with Crippen LogP contribution in [0, 0.1) is 12.8 Å². The summed E-state index contributed by atoms with van der Waals surface area (Å²) in [6, 6.07) is 16.5. The van der Waals surface area contributed by atoms with Crippen molar-refractivity contribution in [2.45, 2.75) is 137 Å². The number of aryl methyl sites for hydroxylation is 1. The fourth-order valence-corrected chi connectivity index (χ4v) is 8.27. The predicted octanol–water partition coefficient (Wildman–Crippen LogP) is 5.83. The normalized spacial score (nSPS) is 12.9. The van der Waals surface area contributed by atoms with Crippen LogP contribution >= 0.6 is 0 Å². The monoisotopic (exact) mass is 1220 g/mol. The highest BCUT2D eigenvalue weighted by atomic mass is 19.1. The average molecular weight is 1220 g/mol. The lowest BCUT2D eigenvalue weighted by Crippen LogP contribution is -2.49. The summed E-state index contributed by atoms with van der Waals surface area (Å²) in [4.78, 5) is 125. The van der Waals surface area contributed by atoms with Crippen LogP contribution in [0.1, 0.15) is 123 Å². The van der Waals surface area contributed by atoms with Crippen LogP contribution in [0.15, 0.2) is 89.8 Å². The largest absolute Gasteiger partial charge is 0.481 e. The number of allylic oxidation sites excluding steroid dienone is 4. The van der Waals surface area contributed by atoms with Crippen molar-refractivity contribution in [3.63, 3.8) is 0 Å². The van der Waals surface area contributed by atoms with Gasteiger partial charge in [0, 0.05) is 45.2 Å². The van der Waals surface area contributed by atoms with Gasteiger partial charge in [-0.2, -0.15) is 0 Å². The number of fused-ring (bicyclic) bond motifs is 2. The average Bonchev–Trinajstić information content (AvgIpc) is 1.36. The van der Waals surface area contributed by atoms with E-state index in [1.165, 1.54) is 53.2 Å². The Bertz CT molecular complexity index is 2710. The molecule has 12 N–H and O–H groups in total. The first-order valence-corrected chi connectivity index (χ1v) is 28.9. The quantitative estimate of drug-likeness (QED) is 0.0118. The summed E-state index contributed by atoms with van der Waals surface area (Å²) in [6.07, 6.45) is 14.1. The van der Waals surface area contributed by atoms with E-state index in [9.17, 15) is 57.1 Å². The molecule has 0 saturated heterocycles. The zero-order chi connectivity index (χ0) is 65.7. The molecule has 87 heavy (non-hydrogen) atoms. The first-order valence-electron chi connectivity index (χ1n) is 28.9. The number of aliphatic hydroxyl groups excluding tert-OH is 1. The summed E-state index contributed by atoms with van der Waals surface area (Å²) in [6.45, 7) is 8.74. The Balaban J connectivity index is 0.00000119. The van der Waals surface area contributed by atoms with E-state index >= 15 is 0 Å². The maximum absolute atomic E-state index is 12.7. The first-order chi connectivity index (χ1) is 41.4. The summed E-state index contributed by atoms with van der Waals surface area (Å²) in [5.41, 5.74) is 2.97. The molecule has 482 valence electrons. The molecule has 0 aliphatic heterocycles. The van der Waals surface area contributed by atoms with Crippen molar-refractivity contribution in [2.24, 2.45) is 5.92 Å². The molecule has 0 unspecified atom stereocenters. The maximum atomic E-state index is 12.7. The minimum atomic E-state index is -1.30. The molecule has 24 nitrogen and oxygen atoms in total. The summed E-state index contributed by atoms with van der Waals surface area (Å²) in [5, 5.41) is 64.5. The summed E-state index contributed by atoms with van der Waals surface area (Å²) in [5.74, 6) is -6.72. The lowest BCUT2D eigenvalue weighted by atomic mass is 9.89. The number of aliphatic carboxylic acids is 4. The van der Waals surface area contributed by atoms with Gasteiger partial charge in [-0.25, -0.2) is 14.0 Å². The van der Waals surface area contributed by atoms with Crippen LogP contribution < -0.4 is 37.2 Å². The minimum absolute atomic E-state index is 0.0120. The van der Waals surface area contributed by atoms with Crippen molar-refractivity contribution in [2.75, 3.05) is 60.0 Å². The second-order valence-electron chi connectivity index (χ2n) is 20.1. The molecular formula is C62H91FN8O16. The number of carbonyl (C=O) groups excluding carboxylic acids is 7. The van der Waals surface area contributed by atoms with Crippen molar-refractivity contribution in [1.82, 2.24) is 42.1 Å². The van der Waals surface area contributed by atoms with Crippen LogP contribution in [0.4, 0.5) is 9.18 Å². The number of aliphatic hydroxyl groups is 1. The Morgan fingerprint density at radius 2 is 1.24 bits per heavy atom. The number of halogens is 1. The Hall–Kier alpha value is -8.58. The predicted molar refractivity (Wildman–Crippen MR) is 329 cm³/mol. The Morgan fingerprint density at radius 3 is 1.76 bits per heavy atom. The number of unbranched alkanes of at least 4 members (excludes halogenated alkanes) is 2. The molecule has 4 rings (SSSR count). The van der Waals surface area contributed by atoms with E-state index in [1.54, 1.807) is 6.08 Å². The number of rotatable bonds is 31. The molecule has 0 bridgehead atoms. The number of carbonyl (C=O) groups is 11. The molecule has 0 heterocycles. The topological polar surface area (TPSA) is 376 Å². The highest BCUT2D eigenvalue weighted by molar-refractivity contribution is 6.02. The number of carboxylic acid groups (broad SMARTS) is 4. The van der Waals surface area contributed by atoms with Gasteiger partial charge in [0.1, 0.15) is 12.3 Å². The standard InChI is InChI=1S/C22H36N4O8.C15H24FNO.C15H12.C9H15N3O6.CH4O/c27-14-16(25-22(34)26-17(21(32)33)10-6-11-19(29)30)9-4-5-12-23-18(28)13-24-20(31)15-7-2-1-3-8-15;1-5-7-10-17-15(18)14(9-8-13(4)16)11-12(3)6-2;1-11-14-8-4-2-6-12(14)10-13-7-3-5-9-15(11)13;1-10-6(13)2-11-7(14)3-12(4-8(15)16)5-9(17)18;1-2/h14-17H,1-13H2,(H,23,28)(H,24,31)(H,29,30)(H,32,33)(H2,25,26,34);8-9,11H,5-7,10H2,1-4H3,(H,17,18);2-10H,1H3;2-5H2,1H3,(H,10,13)(H,11,14)(H,15,16)(H,17,18);2H,1H3/b;12-11+,13-8+,14-9+;;;/t16-,17-;;;;/m0..../s1. The number of nitrogens with zero attached hydrogens (tertiary/aromatic N) is 1. The number of amides is 7. The van der Waals surface area contributed by atoms with E-state index in [1.807, 2.05) is 13.8 Å². The van der Waals surface area contributed by atoms with Crippen LogP contribution in [0.3, 0.4) is 0 Å². The van der Waals surface area contributed by atoms with E-state index in [4.69, 9.17) is 25.5 Å². The molecule has 2 atom stereocenters. The molecule has 0 spiro atoms. The molecule has 1 fully saturated rings. The molecule has 0 aromatic heterocycles. The van der Waals surface area contributed by atoms with Gasteiger partial charge < -0.3 is 67.5 Å². The third-order valence-corrected chi connectivity index (χ3v) is 13.0. The summed E-state index contributed by atoms with van der Waals surface area (Å²) >= 11 is 0. The van der Waals surface area contributed by atoms with Crippen molar-refractivity contribution in [1.29, 1.82) is 0 Å². The van der Waals surface area contributed by atoms with Gasteiger partial charge in [-0.1, -0.05) is 99.7 Å². The lowest BCUT2D eigenvalue weighted by molar-refractivity contribution is -0.143. The second-order valence-corrected chi connectivity index (χ2v) is 20.1. The van der Waals surface area contributed by atoms with E-state index in [-0.39, 0.29) is 61.8 Å². The molecule has 1 aliphatic rings. The molecule has 0 radical (unpaired) electrons. The van der Waals surface area contributed by atoms with Crippen molar-refractivity contribution >= 4 is 87.3 Å². The van der Waals surface area contributed by atoms with Crippen LogP contribution in [-0.2, 0) is 47.9 Å². The Kier molecular flexibility index (Phi) is 42.1. The number of hydrogen-bond acceptors (Lipinski definition) is 13. The number of aldehydes is 1. The Morgan fingerprint density at radius 1 is 0.667 bits per heavy atom. The van der Waals surface area contributed by atoms with Crippen LogP contribution in [-0.4, -0.2) is 168 Å². The molecular weight excluding hydrogens is 1130 g/mol. The SMILES string of the molecule is CCCCNC(=O)C(/C=C(\C)CC)=C/C=C(\C)F.CNC(=O)CNC(=O)CN(CC(=O)O)CC(=O)O.CO.Cc1c2ccccc2cc2ccccc12.O=C[C@H](CCCCNC(=O)CNC(=O)C1CCCCC1)NC(=O)N[C@@H](CCCC(=O)O)C(=O)O. The van der Waals surface area contributed by atoms with Crippen LogP contribution in [0.2, 0.25) is 0 Å². The highest BCUT2D eigenvalue weighted by Crippen LogP contribution is 2.27. The van der Waals surface area contributed by atoms with Gasteiger partial charge in [-0.3, -0.25) is 43.3 Å². The van der Waals surface area contributed by atoms with Crippen LogP contribution in [0.25, 0.3) is 21.5 Å². The second kappa shape index (κ2) is 46.7. The van der Waals surface area contributed by atoms with Crippen molar-refractivity contribution in [3.8, 4) is 0 Å². The van der Waals surface area contributed by atoms with Gasteiger partial charge in [0.2, 0.25) is 23.6 Å². The van der Waals surface area contributed by atoms with Gasteiger partial charge in [-0.05, 0) is 124 Å². The molecule has 1 aliphatic carbocycles. The summed E-state index contributed by atoms with van der Waals surface area (Å²) < 4.78 is 12.7. The summed E-state index contributed by atoms with van der Waals surface area (Å²) in [7, 11) is 2.40. The number of urea groups is 1. The minimum Gasteiger partial charge on any atom is -0.481 e. The van der Waals surface area contributed by atoms with Gasteiger partial charge in [-0.15, -0.1) is 0 Å². The van der Waals surface area contributed by atoms with Crippen molar-refractivity contribution < 1.29 is 82.7 Å². The molecule has 25 heteroatoms. The zero-order valence-corrected chi connectivity index (χ0v) is 51.1. The lowest BCUT2D eigenvalue weighted by Gasteiger charge is -2.20. The third-order valence-electron chi connectivity index (χ3n) is 13.0. The Labute approximate surface area is 508 Å². The maximum Gasteiger partial charge on any atom is 0.326 e. The third kappa shape index (κ3) is 36.8. The van der Waals surface area contributed by atoms with Gasteiger partial charge >= 0.3 is 29.9 Å². The number of carboxylic acids is 4. The smallest absolute Gasteiger partial charge is 0.326 e. The van der Waals surface area contributed by atoms with Gasteiger partial charge in [0.05, 0.1) is 44.6 Å². The van der Waals surface area contributed by atoms with Gasteiger partial charge in [0.25, 0.3) is 5.91 Å². The number of nitrogens with one attached hydrogen (secondary N) is 7. The van der Waals surface area contributed by atoms with E-state index in [0.717, 1.165) is 68.9 Å². The van der Waals surface area contributed by atoms with Crippen LogP contribution in [0.5, 0.6) is 0 Å². The highest BCUT2D eigenvalue weighted by Gasteiger charge is 2.23. The molecule has 3 aromatic rings. The molecule has 1 saturated carbocycles. The zero-order valence-electron chi connectivity index (χ0n) is 51.1. The van der Waals surface area contributed by atoms with Crippen molar-refractivity contribution in [3.05, 3.63) is 95.4 Å². The fraction of sp³-hybridized carbons (Fsp3) is 0.500. The number of hydrogen-bond donors (Lipinski definition) is 12. The van der Waals surface area contributed by atoms with E-state index in [2.05, 4.69) is 106 Å². The number of benzene rings is 3. The fourth-order valence-electron chi connectivity index (χ4n) is 8.27.